The Morgan fingerprint density at radius 3 is 2.31 bits per heavy atom. The predicted molar refractivity (Wildman–Crippen MR) is 112 cm³/mol. The molecule has 8 heteroatoms. The van der Waals surface area contributed by atoms with Crippen LogP contribution in [-0.4, -0.2) is 44.1 Å². The molecule has 0 atom stereocenters. The van der Waals surface area contributed by atoms with E-state index in [1.165, 1.54) is 11.3 Å². The number of ether oxygens (including phenoxy) is 2. The second-order valence-electron chi connectivity index (χ2n) is 5.98. The molecule has 0 saturated carbocycles. The number of nitrogens with zero attached hydrogens (tertiary/aromatic N) is 1. The number of amides is 2. The molecule has 0 radical (unpaired) electrons. The predicted octanol–water partition coefficient (Wildman–Crippen LogP) is 2.99. The first kappa shape index (κ1) is 20.3. The Kier molecular flexibility index (Phi) is 6.80. The van der Waals surface area contributed by atoms with Crippen LogP contribution in [0.25, 0.3) is 10.6 Å². The zero-order valence-electron chi connectivity index (χ0n) is 16.1. The Labute approximate surface area is 172 Å². The van der Waals surface area contributed by atoms with Crippen molar-refractivity contribution in [3.63, 3.8) is 0 Å². The highest BCUT2D eigenvalue weighted by molar-refractivity contribution is 7.13. The van der Waals surface area contributed by atoms with Crippen LogP contribution in [0.15, 0.2) is 53.9 Å². The summed E-state index contributed by atoms with van der Waals surface area (Å²) in [5.74, 6) is 0.884. The second kappa shape index (κ2) is 9.70. The molecular weight excluding hydrogens is 390 g/mol. The molecule has 0 unspecified atom stereocenters. The van der Waals surface area contributed by atoms with E-state index in [-0.39, 0.29) is 11.8 Å². The Bertz CT molecular complexity index is 986. The van der Waals surface area contributed by atoms with Gasteiger partial charge in [-0.05, 0) is 36.4 Å². The van der Waals surface area contributed by atoms with Gasteiger partial charge in [0.1, 0.15) is 22.2 Å². The Morgan fingerprint density at radius 2 is 1.62 bits per heavy atom. The molecule has 7 nitrogen and oxygen atoms in total. The van der Waals surface area contributed by atoms with E-state index >= 15 is 0 Å². The van der Waals surface area contributed by atoms with E-state index in [9.17, 15) is 9.59 Å². The minimum Gasteiger partial charge on any atom is -0.497 e. The van der Waals surface area contributed by atoms with Crippen LogP contribution < -0.4 is 20.1 Å². The minimum atomic E-state index is -0.291. The number of hydrogen-bond donors (Lipinski definition) is 2. The van der Waals surface area contributed by atoms with E-state index in [0.29, 0.717) is 40.9 Å². The lowest BCUT2D eigenvalue weighted by Crippen LogP contribution is -2.34. The van der Waals surface area contributed by atoms with Gasteiger partial charge in [0.15, 0.2) is 0 Å². The van der Waals surface area contributed by atoms with Crippen molar-refractivity contribution in [2.45, 2.75) is 0 Å². The van der Waals surface area contributed by atoms with Gasteiger partial charge in [0.05, 0.1) is 19.8 Å². The zero-order chi connectivity index (χ0) is 20.6. The van der Waals surface area contributed by atoms with Gasteiger partial charge in [-0.25, -0.2) is 4.98 Å². The third kappa shape index (κ3) is 5.11. The van der Waals surface area contributed by atoms with Crippen molar-refractivity contribution < 1.29 is 19.1 Å². The summed E-state index contributed by atoms with van der Waals surface area (Å²) in [6.07, 6.45) is 0. The lowest BCUT2D eigenvalue weighted by atomic mass is 10.2. The molecule has 0 fully saturated rings. The smallest absolute Gasteiger partial charge is 0.270 e. The summed E-state index contributed by atoms with van der Waals surface area (Å²) in [5, 5.41) is 7.93. The number of para-hydroxylation sites is 1. The lowest BCUT2D eigenvalue weighted by Gasteiger charge is -2.07. The normalized spacial score (nSPS) is 10.3. The van der Waals surface area contributed by atoms with E-state index in [1.807, 2.05) is 24.3 Å². The maximum Gasteiger partial charge on any atom is 0.270 e. The van der Waals surface area contributed by atoms with Gasteiger partial charge in [-0.1, -0.05) is 12.1 Å². The molecule has 29 heavy (non-hydrogen) atoms. The van der Waals surface area contributed by atoms with Crippen molar-refractivity contribution in [3.8, 4) is 22.1 Å². The monoisotopic (exact) mass is 411 g/mol. The fourth-order valence-corrected chi connectivity index (χ4v) is 3.44. The molecule has 1 heterocycles. The summed E-state index contributed by atoms with van der Waals surface area (Å²) in [6, 6.07) is 14.3. The lowest BCUT2D eigenvalue weighted by molar-refractivity contribution is 0.0925. The quantitative estimate of drug-likeness (QED) is 0.556. The van der Waals surface area contributed by atoms with Crippen molar-refractivity contribution in [1.29, 1.82) is 0 Å². The van der Waals surface area contributed by atoms with Gasteiger partial charge in [-0.15, -0.1) is 11.3 Å². The van der Waals surface area contributed by atoms with Gasteiger partial charge in [-0.3, -0.25) is 9.59 Å². The molecule has 3 rings (SSSR count). The van der Waals surface area contributed by atoms with Crippen molar-refractivity contribution in [2.75, 3.05) is 27.3 Å². The Hall–Kier alpha value is -3.39. The summed E-state index contributed by atoms with van der Waals surface area (Å²) in [4.78, 5) is 28.8. The van der Waals surface area contributed by atoms with Gasteiger partial charge < -0.3 is 20.1 Å². The topological polar surface area (TPSA) is 89.6 Å². The van der Waals surface area contributed by atoms with E-state index in [4.69, 9.17) is 9.47 Å². The maximum absolute atomic E-state index is 12.3. The zero-order valence-corrected chi connectivity index (χ0v) is 16.9. The molecule has 2 amide bonds. The summed E-state index contributed by atoms with van der Waals surface area (Å²) in [5.41, 5.74) is 1.70. The molecule has 0 aliphatic heterocycles. The van der Waals surface area contributed by atoms with Crippen LogP contribution in [0.3, 0.4) is 0 Å². The van der Waals surface area contributed by atoms with Crippen LogP contribution in [0.2, 0.25) is 0 Å². The highest BCUT2D eigenvalue weighted by atomic mass is 32.1. The number of benzene rings is 2. The van der Waals surface area contributed by atoms with Gasteiger partial charge >= 0.3 is 0 Å². The third-order valence-electron chi connectivity index (χ3n) is 4.12. The number of rotatable bonds is 8. The third-order valence-corrected chi connectivity index (χ3v) is 5.00. The molecule has 0 bridgehead atoms. The average molecular weight is 411 g/mol. The fourth-order valence-electron chi connectivity index (χ4n) is 2.61. The standard InChI is InChI=1S/C21H21N3O4S/c1-27-15-9-7-14(8-10-15)19(25)22-11-12-23-20(26)17-13-29-21(24-17)16-5-3-4-6-18(16)28-2/h3-10,13H,11-12H2,1-2H3,(H,22,25)(H,23,26). The highest BCUT2D eigenvalue weighted by Gasteiger charge is 2.14. The molecule has 3 aromatic rings. The number of aromatic nitrogens is 1. The van der Waals surface area contributed by atoms with Crippen LogP contribution in [0, 0.1) is 0 Å². The van der Waals surface area contributed by atoms with Gasteiger partial charge in [0, 0.05) is 24.0 Å². The fraction of sp³-hybridized carbons (Fsp3) is 0.190. The van der Waals surface area contributed by atoms with Crippen LogP contribution in [0.4, 0.5) is 0 Å². The summed E-state index contributed by atoms with van der Waals surface area (Å²) in [6.45, 7) is 0.600. The summed E-state index contributed by atoms with van der Waals surface area (Å²) < 4.78 is 10.4. The van der Waals surface area contributed by atoms with E-state index in [0.717, 1.165) is 5.56 Å². The SMILES string of the molecule is COc1ccc(C(=O)NCCNC(=O)c2csc(-c3ccccc3OC)n2)cc1. The van der Waals surface area contributed by atoms with Crippen molar-refractivity contribution in [3.05, 3.63) is 65.2 Å². The first-order valence-corrected chi connectivity index (χ1v) is 9.79. The Balaban J connectivity index is 1.50. The minimum absolute atomic E-state index is 0.214. The molecule has 0 saturated heterocycles. The highest BCUT2D eigenvalue weighted by Crippen LogP contribution is 2.31. The number of carbonyl (C=O) groups is 2. The summed E-state index contributed by atoms with van der Waals surface area (Å²) in [7, 11) is 3.17. The number of carbonyl (C=O) groups excluding carboxylic acids is 2. The molecular formula is C21H21N3O4S. The van der Waals surface area contributed by atoms with E-state index in [1.54, 1.807) is 43.9 Å². The van der Waals surface area contributed by atoms with Crippen LogP contribution >= 0.6 is 11.3 Å². The first-order valence-electron chi connectivity index (χ1n) is 8.91. The number of methoxy groups -OCH3 is 2. The number of thiazole rings is 1. The van der Waals surface area contributed by atoms with Crippen LogP contribution in [0.1, 0.15) is 20.8 Å². The first-order chi connectivity index (χ1) is 14.1. The van der Waals surface area contributed by atoms with Crippen molar-refractivity contribution >= 4 is 23.2 Å². The van der Waals surface area contributed by atoms with E-state index < -0.39 is 0 Å². The average Bonchev–Trinajstić information content (AvgIpc) is 3.26. The molecule has 1 aromatic heterocycles. The number of hydrogen-bond acceptors (Lipinski definition) is 6. The van der Waals surface area contributed by atoms with Crippen molar-refractivity contribution in [1.82, 2.24) is 15.6 Å². The number of nitrogens with one attached hydrogen (secondary N) is 2. The molecule has 0 spiro atoms. The van der Waals surface area contributed by atoms with Gasteiger partial charge in [0.2, 0.25) is 0 Å². The van der Waals surface area contributed by atoms with Gasteiger partial charge in [-0.2, -0.15) is 0 Å². The van der Waals surface area contributed by atoms with Crippen molar-refractivity contribution in [2.24, 2.45) is 0 Å². The molecule has 2 aromatic carbocycles. The molecule has 150 valence electrons. The maximum atomic E-state index is 12.3. The molecule has 2 N–H and O–H groups in total. The summed E-state index contributed by atoms with van der Waals surface area (Å²) >= 11 is 1.37. The van der Waals surface area contributed by atoms with Gasteiger partial charge in [0.25, 0.3) is 11.8 Å². The molecule has 0 aliphatic rings. The largest absolute Gasteiger partial charge is 0.497 e. The molecule has 0 aliphatic carbocycles. The van der Waals surface area contributed by atoms with Crippen LogP contribution in [0.5, 0.6) is 11.5 Å². The Morgan fingerprint density at radius 1 is 0.931 bits per heavy atom. The second-order valence-corrected chi connectivity index (χ2v) is 6.84. The van der Waals surface area contributed by atoms with E-state index in [2.05, 4.69) is 15.6 Å². The van der Waals surface area contributed by atoms with Crippen LogP contribution in [-0.2, 0) is 0 Å².